The van der Waals surface area contributed by atoms with Crippen LogP contribution in [0.1, 0.15) is 335 Å². The molecule has 0 spiro atoms. The van der Waals surface area contributed by atoms with Crippen molar-refractivity contribution >= 4 is 17.9 Å². The number of rotatable bonds is 55. The van der Waals surface area contributed by atoms with Gasteiger partial charge in [-0.2, -0.15) is 0 Å². The van der Waals surface area contributed by atoms with Crippen molar-refractivity contribution in [2.24, 2.45) is 0 Å². The molecule has 0 fully saturated rings. The number of allylic oxidation sites excluding steroid dienone is 2. The van der Waals surface area contributed by atoms with Crippen LogP contribution >= 0.6 is 0 Å². The summed E-state index contributed by atoms with van der Waals surface area (Å²) in [5, 5.41) is 0. The maximum Gasteiger partial charge on any atom is 0.306 e. The van der Waals surface area contributed by atoms with E-state index in [9.17, 15) is 14.4 Å². The summed E-state index contributed by atoms with van der Waals surface area (Å²) in [6.45, 7) is 6.70. The minimum absolute atomic E-state index is 0.0664. The second-order valence-electron chi connectivity index (χ2n) is 20.3. The lowest BCUT2D eigenvalue weighted by molar-refractivity contribution is -0.167. The zero-order chi connectivity index (χ0) is 47.9. The van der Waals surface area contributed by atoms with E-state index >= 15 is 0 Å². The lowest BCUT2D eigenvalue weighted by Gasteiger charge is -2.18. The van der Waals surface area contributed by atoms with Gasteiger partial charge in [-0.3, -0.25) is 14.4 Å². The summed E-state index contributed by atoms with van der Waals surface area (Å²) in [5.74, 6) is -0.849. The second kappa shape index (κ2) is 55.7. The van der Waals surface area contributed by atoms with E-state index in [1.165, 1.54) is 231 Å². The van der Waals surface area contributed by atoms with Gasteiger partial charge in [0.15, 0.2) is 6.10 Å². The van der Waals surface area contributed by atoms with Crippen LogP contribution in [-0.4, -0.2) is 37.2 Å². The number of esters is 3. The molecule has 0 saturated carbocycles. The highest BCUT2D eigenvalue weighted by molar-refractivity contribution is 5.71. The Kier molecular flexibility index (Phi) is 54.2. The lowest BCUT2D eigenvalue weighted by atomic mass is 10.0. The zero-order valence-electron chi connectivity index (χ0n) is 44.7. The molecule has 1 unspecified atom stereocenters. The minimum Gasteiger partial charge on any atom is -0.462 e. The second-order valence-corrected chi connectivity index (χ2v) is 20.3. The molecular formula is C60H114O6. The van der Waals surface area contributed by atoms with E-state index < -0.39 is 6.10 Å². The summed E-state index contributed by atoms with van der Waals surface area (Å²) in [6, 6.07) is 0. The van der Waals surface area contributed by atoms with Crippen molar-refractivity contribution in [3.63, 3.8) is 0 Å². The average Bonchev–Trinajstić information content (AvgIpc) is 3.31. The van der Waals surface area contributed by atoms with Gasteiger partial charge < -0.3 is 14.2 Å². The van der Waals surface area contributed by atoms with Crippen LogP contribution in [0.2, 0.25) is 0 Å². The lowest BCUT2D eigenvalue weighted by Crippen LogP contribution is -2.30. The maximum atomic E-state index is 12.9. The number of hydrogen-bond acceptors (Lipinski definition) is 6. The summed E-state index contributed by atoms with van der Waals surface area (Å²) in [7, 11) is 0. The molecule has 0 bridgehead atoms. The maximum absolute atomic E-state index is 12.9. The highest BCUT2D eigenvalue weighted by atomic mass is 16.6. The summed E-state index contributed by atoms with van der Waals surface area (Å²) in [6.07, 6.45) is 63.4. The Morgan fingerprint density at radius 2 is 0.500 bits per heavy atom. The van der Waals surface area contributed by atoms with Crippen molar-refractivity contribution in [3.05, 3.63) is 12.2 Å². The van der Waals surface area contributed by atoms with Gasteiger partial charge in [0.1, 0.15) is 13.2 Å². The first-order valence-corrected chi connectivity index (χ1v) is 29.7. The summed E-state index contributed by atoms with van der Waals surface area (Å²) < 4.78 is 16.9. The summed E-state index contributed by atoms with van der Waals surface area (Å²) in [5.41, 5.74) is 0. The summed E-state index contributed by atoms with van der Waals surface area (Å²) >= 11 is 0. The van der Waals surface area contributed by atoms with Crippen LogP contribution in [0.5, 0.6) is 0 Å². The van der Waals surface area contributed by atoms with E-state index in [0.717, 1.165) is 64.2 Å². The van der Waals surface area contributed by atoms with Crippen molar-refractivity contribution in [1.29, 1.82) is 0 Å². The Morgan fingerprint density at radius 3 is 0.758 bits per heavy atom. The van der Waals surface area contributed by atoms with Gasteiger partial charge >= 0.3 is 17.9 Å². The third kappa shape index (κ3) is 53.1. The molecule has 0 radical (unpaired) electrons. The number of carbonyl (C=O) groups excluding carboxylic acids is 3. The molecule has 0 aromatic carbocycles. The van der Waals surface area contributed by atoms with Crippen molar-refractivity contribution in [2.75, 3.05) is 13.2 Å². The van der Waals surface area contributed by atoms with E-state index in [4.69, 9.17) is 14.2 Å². The van der Waals surface area contributed by atoms with Gasteiger partial charge in [0.2, 0.25) is 0 Å². The van der Waals surface area contributed by atoms with Gasteiger partial charge in [0, 0.05) is 19.3 Å². The minimum atomic E-state index is -0.767. The monoisotopic (exact) mass is 931 g/mol. The highest BCUT2D eigenvalue weighted by Crippen LogP contribution is 2.17. The third-order valence-corrected chi connectivity index (χ3v) is 13.5. The van der Waals surface area contributed by atoms with Gasteiger partial charge in [-0.15, -0.1) is 0 Å². The van der Waals surface area contributed by atoms with Gasteiger partial charge in [0.25, 0.3) is 0 Å². The molecule has 0 aliphatic carbocycles. The topological polar surface area (TPSA) is 78.9 Å². The van der Waals surface area contributed by atoms with Crippen molar-refractivity contribution < 1.29 is 28.6 Å². The molecule has 6 heteroatoms. The van der Waals surface area contributed by atoms with E-state index in [0.29, 0.717) is 19.3 Å². The molecule has 6 nitrogen and oxygen atoms in total. The van der Waals surface area contributed by atoms with Gasteiger partial charge in [-0.05, 0) is 44.9 Å². The molecular weight excluding hydrogens is 817 g/mol. The molecule has 0 N–H and O–H groups in total. The Morgan fingerprint density at radius 1 is 0.288 bits per heavy atom. The van der Waals surface area contributed by atoms with Crippen LogP contribution in [0.15, 0.2) is 12.2 Å². The molecule has 0 heterocycles. The smallest absolute Gasteiger partial charge is 0.306 e. The molecule has 0 aromatic heterocycles. The van der Waals surface area contributed by atoms with Gasteiger partial charge in [-0.1, -0.05) is 283 Å². The first-order valence-electron chi connectivity index (χ1n) is 29.7. The van der Waals surface area contributed by atoms with Crippen molar-refractivity contribution in [1.82, 2.24) is 0 Å². The Labute approximate surface area is 411 Å². The molecule has 0 aromatic rings. The van der Waals surface area contributed by atoms with Crippen LogP contribution in [0, 0.1) is 0 Å². The summed E-state index contributed by atoms with van der Waals surface area (Å²) in [4.78, 5) is 38.2. The predicted molar refractivity (Wildman–Crippen MR) is 284 cm³/mol. The van der Waals surface area contributed by atoms with Gasteiger partial charge in [0.05, 0.1) is 0 Å². The highest BCUT2D eigenvalue weighted by Gasteiger charge is 2.19. The number of hydrogen-bond donors (Lipinski definition) is 0. The molecule has 0 aliphatic heterocycles. The van der Waals surface area contributed by atoms with Crippen LogP contribution in [0.4, 0.5) is 0 Å². The fourth-order valence-corrected chi connectivity index (χ4v) is 9.03. The van der Waals surface area contributed by atoms with Crippen LogP contribution in [-0.2, 0) is 28.6 Å². The molecule has 0 aliphatic rings. The molecule has 390 valence electrons. The first-order chi connectivity index (χ1) is 32.5. The fraction of sp³-hybridized carbons (Fsp3) is 0.917. The number of unbranched alkanes of at least 4 members (excludes halogenated alkanes) is 42. The molecule has 1 atom stereocenters. The largest absolute Gasteiger partial charge is 0.462 e. The van der Waals surface area contributed by atoms with Crippen molar-refractivity contribution in [3.8, 4) is 0 Å². The average molecular weight is 932 g/mol. The zero-order valence-corrected chi connectivity index (χ0v) is 44.7. The van der Waals surface area contributed by atoms with Crippen LogP contribution < -0.4 is 0 Å². The quantitative estimate of drug-likeness (QED) is 0.0262. The Hall–Kier alpha value is -1.85. The first kappa shape index (κ1) is 64.2. The fourth-order valence-electron chi connectivity index (χ4n) is 9.03. The third-order valence-electron chi connectivity index (χ3n) is 13.5. The van der Waals surface area contributed by atoms with E-state index in [1.54, 1.807) is 0 Å². The normalized spacial score (nSPS) is 12.0. The molecule has 0 rings (SSSR count). The predicted octanol–water partition coefficient (Wildman–Crippen LogP) is 19.7. The van der Waals surface area contributed by atoms with Crippen molar-refractivity contribution in [2.45, 2.75) is 341 Å². The SMILES string of the molecule is CCCCCCCCCCC/C=C\CCCCCCCC(=O)OCC(COC(=O)CCCCCCCCCCCCCCCCC)OC(=O)CCCCCCCCCCCCCCCCC. The standard InChI is InChI=1S/C60H114O6/c1-4-7-10-13-16-19-22-25-28-29-30-33-35-38-41-44-47-50-53-59(62)65-56-57(66-60(63)54-51-48-45-42-39-36-32-27-24-21-18-15-12-9-6-3)55-64-58(61)52-49-46-43-40-37-34-31-26-23-20-17-14-11-8-5-2/h30,33,57H,4-29,31-32,34-56H2,1-3H3/b33-30-. The Bertz CT molecular complexity index is 1020. The number of carbonyl (C=O) groups is 3. The Balaban J connectivity index is 4.31. The van der Waals surface area contributed by atoms with E-state index in [-0.39, 0.29) is 31.1 Å². The van der Waals surface area contributed by atoms with E-state index in [1.807, 2.05) is 0 Å². The van der Waals surface area contributed by atoms with E-state index in [2.05, 4.69) is 32.9 Å². The molecule has 0 amide bonds. The molecule has 66 heavy (non-hydrogen) atoms. The van der Waals surface area contributed by atoms with Gasteiger partial charge in [-0.25, -0.2) is 0 Å². The van der Waals surface area contributed by atoms with Crippen LogP contribution in [0.3, 0.4) is 0 Å². The number of ether oxygens (including phenoxy) is 3. The van der Waals surface area contributed by atoms with Crippen LogP contribution in [0.25, 0.3) is 0 Å². The molecule has 0 saturated heterocycles.